The Hall–Kier alpha value is -2.73. The number of nitrogens with one attached hydrogen (secondary N) is 2. The van der Waals surface area contributed by atoms with Crippen LogP contribution in [0.3, 0.4) is 0 Å². The van der Waals surface area contributed by atoms with Crippen molar-refractivity contribution in [2.75, 3.05) is 19.7 Å². The molecule has 2 aliphatic rings. The molecule has 1 amide bonds. The van der Waals surface area contributed by atoms with Gasteiger partial charge in [-0.15, -0.1) is 0 Å². The highest BCUT2D eigenvalue weighted by molar-refractivity contribution is 6.19. The van der Waals surface area contributed by atoms with Crippen molar-refractivity contribution in [2.45, 2.75) is 37.6 Å². The number of nitrogens with zero attached hydrogens (tertiary/aromatic N) is 1. The zero-order chi connectivity index (χ0) is 22.0. The molecule has 8 heteroatoms. The topological polar surface area (TPSA) is 83.4 Å². The van der Waals surface area contributed by atoms with Gasteiger partial charge in [-0.3, -0.25) is 4.79 Å². The Morgan fingerprint density at radius 1 is 1.39 bits per heavy atom. The molecule has 3 radical (unpaired) electrons. The third-order valence-corrected chi connectivity index (χ3v) is 6.01. The number of benzene rings is 2. The first-order chi connectivity index (χ1) is 14.9. The van der Waals surface area contributed by atoms with Gasteiger partial charge in [-0.25, -0.2) is 4.39 Å². The van der Waals surface area contributed by atoms with Crippen LogP contribution in [0.15, 0.2) is 30.3 Å². The van der Waals surface area contributed by atoms with E-state index in [-0.39, 0.29) is 24.8 Å². The normalized spacial score (nSPS) is 19.6. The molecule has 0 bridgehead atoms. The Bertz CT molecular complexity index is 1050. The average Bonchev–Trinajstić information content (AvgIpc) is 3.04. The van der Waals surface area contributed by atoms with Crippen molar-refractivity contribution in [3.05, 3.63) is 52.8 Å². The standard InChI is InChI=1S/C23H23FN3O3Si/c1-14-7-19-18-4-3-17(24)8-16(18)12-30-20(19)9-15(14)10-23(31,13-25)27-22(28)21-11-26-5-2-6-29-21/h3-4,7-9,21,26H,2,5-6,10-12H2,1H3,(H,27,28)/t21-,23-/m0/s1. The summed E-state index contributed by atoms with van der Waals surface area (Å²) in [6.07, 6.45) is 0.437. The molecular weight excluding hydrogens is 413 g/mol. The molecular formula is C23H23FN3O3Si. The second-order valence-corrected chi connectivity index (χ2v) is 8.82. The molecule has 31 heavy (non-hydrogen) atoms. The number of halogens is 1. The SMILES string of the molecule is Cc1cc2c(cc1C[C@]([Si])(C#N)NC(=O)[C@@H]1CNCCCO1)OCc1cc(F)ccc1-2. The minimum atomic E-state index is -1.29. The van der Waals surface area contributed by atoms with Crippen LogP contribution in [0.25, 0.3) is 11.1 Å². The van der Waals surface area contributed by atoms with Gasteiger partial charge in [0.1, 0.15) is 29.4 Å². The zero-order valence-corrected chi connectivity index (χ0v) is 18.3. The summed E-state index contributed by atoms with van der Waals surface area (Å²) in [5.74, 6) is 0.0450. The molecule has 159 valence electrons. The Morgan fingerprint density at radius 2 is 2.23 bits per heavy atom. The van der Waals surface area contributed by atoms with Crippen molar-refractivity contribution in [2.24, 2.45) is 0 Å². The number of hydrogen-bond donors (Lipinski definition) is 2. The van der Waals surface area contributed by atoms with Crippen LogP contribution >= 0.6 is 0 Å². The molecule has 2 aliphatic heterocycles. The van der Waals surface area contributed by atoms with Gasteiger partial charge in [0.2, 0.25) is 0 Å². The minimum Gasteiger partial charge on any atom is -0.488 e. The van der Waals surface area contributed by atoms with Crippen LogP contribution < -0.4 is 15.4 Å². The quantitative estimate of drug-likeness (QED) is 0.718. The molecule has 1 saturated heterocycles. The molecule has 2 atom stereocenters. The number of rotatable bonds is 4. The van der Waals surface area contributed by atoms with Gasteiger partial charge in [0.05, 0.1) is 16.3 Å². The molecule has 0 unspecified atom stereocenters. The van der Waals surface area contributed by atoms with Crippen molar-refractivity contribution in [3.8, 4) is 22.9 Å². The summed E-state index contributed by atoms with van der Waals surface area (Å²) in [6, 6.07) is 10.7. The smallest absolute Gasteiger partial charge is 0.251 e. The summed E-state index contributed by atoms with van der Waals surface area (Å²) >= 11 is 0. The molecule has 6 nitrogen and oxygen atoms in total. The molecule has 2 aromatic carbocycles. The van der Waals surface area contributed by atoms with E-state index < -0.39 is 11.3 Å². The maximum absolute atomic E-state index is 13.6. The number of nitriles is 1. The molecule has 0 spiro atoms. The number of carbonyl (C=O) groups is 1. The van der Waals surface area contributed by atoms with Crippen LogP contribution in [0.1, 0.15) is 23.1 Å². The average molecular weight is 437 g/mol. The van der Waals surface area contributed by atoms with Crippen molar-refractivity contribution >= 4 is 16.1 Å². The fourth-order valence-corrected chi connectivity index (χ4v) is 4.24. The predicted octanol–water partition coefficient (Wildman–Crippen LogP) is 2.12. The number of hydrogen-bond acceptors (Lipinski definition) is 5. The molecule has 2 N–H and O–H groups in total. The van der Waals surface area contributed by atoms with Crippen LogP contribution in [0.4, 0.5) is 4.39 Å². The fraction of sp³-hybridized carbons (Fsp3) is 0.391. The lowest BCUT2D eigenvalue weighted by atomic mass is 9.91. The van der Waals surface area contributed by atoms with Crippen molar-refractivity contribution in [1.82, 2.24) is 10.6 Å². The molecule has 2 aromatic rings. The van der Waals surface area contributed by atoms with E-state index in [1.54, 1.807) is 6.07 Å². The van der Waals surface area contributed by atoms with Crippen molar-refractivity contribution < 1.29 is 18.7 Å². The Kier molecular flexibility index (Phi) is 6.09. The second-order valence-electron chi connectivity index (χ2n) is 7.97. The van der Waals surface area contributed by atoms with E-state index in [0.717, 1.165) is 40.8 Å². The molecule has 0 aromatic heterocycles. The number of aryl methyl sites for hydroxylation is 1. The molecule has 1 fully saturated rings. The van der Waals surface area contributed by atoms with Gasteiger partial charge in [0.15, 0.2) is 0 Å². The summed E-state index contributed by atoms with van der Waals surface area (Å²) in [4.78, 5) is 12.7. The van der Waals surface area contributed by atoms with E-state index >= 15 is 0 Å². The van der Waals surface area contributed by atoms with Crippen LogP contribution in [0, 0.1) is 24.1 Å². The highest BCUT2D eigenvalue weighted by Gasteiger charge is 2.32. The number of ether oxygens (including phenoxy) is 2. The molecule has 2 heterocycles. The molecule has 4 rings (SSSR count). The third-order valence-electron chi connectivity index (χ3n) is 5.60. The van der Waals surface area contributed by atoms with E-state index in [4.69, 9.17) is 9.47 Å². The van der Waals surface area contributed by atoms with Gasteiger partial charge in [0.25, 0.3) is 5.91 Å². The lowest BCUT2D eigenvalue weighted by molar-refractivity contribution is -0.132. The minimum absolute atomic E-state index is 0.241. The monoisotopic (exact) mass is 436 g/mol. The molecule has 0 aliphatic carbocycles. The number of fused-ring (bicyclic) bond motifs is 3. The summed E-state index contributed by atoms with van der Waals surface area (Å²) in [7, 11) is 3.48. The van der Waals surface area contributed by atoms with Crippen molar-refractivity contribution in [1.29, 1.82) is 5.26 Å². The zero-order valence-electron chi connectivity index (χ0n) is 17.3. The van der Waals surface area contributed by atoms with Crippen LogP contribution in [0.2, 0.25) is 0 Å². The third kappa shape index (κ3) is 4.64. The Labute approximate surface area is 184 Å². The predicted molar refractivity (Wildman–Crippen MR) is 114 cm³/mol. The van der Waals surface area contributed by atoms with Crippen LogP contribution in [0.5, 0.6) is 5.75 Å². The lowest BCUT2D eigenvalue weighted by Gasteiger charge is -2.28. The van der Waals surface area contributed by atoms with Gasteiger partial charge in [-0.2, -0.15) is 5.26 Å². The van der Waals surface area contributed by atoms with E-state index in [0.29, 0.717) is 18.9 Å². The van der Waals surface area contributed by atoms with Gasteiger partial charge >= 0.3 is 0 Å². The maximum atomic E-state index is 13.6. The van der Waals surface area contributed by atoms with Crippen LogP contribution in [-0.4, -0.2) is 47.1 Å². The second kappa shape index (κ2) is 8.79. The van der Waals surface area contributed by atoms with Gasteiger partial charge in [-0.1, -0.05) is 6.07 Å². The number of carbonyl (C=O) groups excluding carboxylic acids is 1. The van der Waals surface area contributed by atoms with Gasteiger partial charge in [-0.05, 0) is 60.8 Å². The van der Waals surface area contributed by atoms with E-state index in [9.17, 15) is 14.4 Å². The summed E-state index contributed by atoms with van der Waals surface area (Å²) in [5.41, 5.74) is 4.44. The largest absolute Gasteiger partial charge is 0.488 e. The van der Waals surface area contributed by atoms with Gasteiger partial charge in [0, 0.05) is 30.7 Å². The highest BCUT2D eigenvalue weighted by Crippen LogP contribution is 2.40. The highest BCUT2D eigenvalue weighted by atomic mass is 28.1. The first-order valence-electron chi connectivity index (χ1n) is 10.2. The first-order valence-corrected chi connectivity index (χ1v) is 10.7. The van der Waals surface area contributed by atoms with Crippen LogP contribution in [-0.2, 0) is 22.6 Å². The summed E-state index contributed by atoms with van der Waals surface area (Å²) in [5, 5.41) is 14.5. The fourth-order valence-electron chi connectivity index (χ4n) is 3.92. The number of amides is 1. The summed E-state index contributed by atoms with van der Waals surface area (Å²) in [6.45, 7) is 3.93. The maximum Gasteiger partial charge on any atom is 0.251 e. The Balaban J connectivity index is 1.56. The molecule has 0 saturated carbocycles. The Morgan fingerprint density at radius 3 is 3.03 bits per heavy atom. The summed E-state index contributed by atoms with van der Waals surface area (Å²) < 4.78 is 25.0. The van der Waals surface area contributed by atoms with E-state index in [2.05, 4.69) is 26.9 Å². The lowest BCUT2D eigenvalue weighted by Crippen LogP contribution is -2.54. The first kappa shape index (κ1) is 21.5. The van der Waals surface area contributed by atoms with Gasteiger partial charge < -0.3 is 20.1 Å². The van der Waals surface area contributed by atoms with E-state index in [1.165, 1.54) is 12.1 Å². The van der Waals surface area contributed by atoms with E-state index in [1.807, 2.05) is 19.1 Å². The van der Waals surface area contributed by atoms with Crippen molar-refractivity contribution in [3.63, 3.8) is 0 Å².